The highest BCUT2D eigenvalue weighted by molar-refractivity contribution is 5.67. The molecular weight excluding hydrogens is 384 g/mol. The maximum atomic E-state index is 12.1. The third-order valence-electron chi connectivity index (χ3n) is 5.66. The van der Waals surface area contributed by atoms with Crippen molar-refractivity contribution in [2.24, 2.45) is 0 Å². The molecule has 2 rings (SSSR count). The first kappa shape index (κ1) is 25.0. The van der Waals surface area contributed by atoms with Gasteiger partial charge in [0.05, 0.1) is 0 Å². The summed E-state index contributed by atoms with van der Waals surface area (Å²) in [5.74, 6) is 1.09. The molecule has 0 amide bonds. The number of carbonyl (C=O) groups excluding carboxylic acids is 1. The van der Waals surface area contributed by atoms with E-state index in [0.29, 0.717) is 11.5 Å². The Morgan fingerprint density at radius 3 is 1.74 bits per heavy atom. The van der Waals surface area contributed by atoms with Crippen LogP contribution in [0.5, 0.6) is 11.5 Å². The van der Waals surface area contributed by atoms with Crippen molar-refractivity contribution in [2.45, 2.75) is 96.8 Å². The van der Waals surface area contributed by atoms with Crippen LogP contribution in [0.3, 0.4) is 0 Å². The molecule has 0 spiro atoms. The van der Waals surface area contributed by atoms with Gasteiger partial charge < -0.3 is 9.47 Å². The first-order valence-corrected chi connectivity index (χ1v) is 12.3. The molecule has 3 heteroatoms. The zero-order chi connectivity index (χ0) is 22.0. The average molecular weight is 425 g/mol. The summed E-state index contributed by atoms with van der Waals surface area (Å²) >= 11 is 0. The van der Waals surface area contributed by atoms with Crippen LogP contribution in [0.25, 0.3) is 0 Å². The van der Waals surface area contributed by atoms with E-state index in [1.807, 2.05) is 42.5 Å². The molecule has 170 valence electrons. The van der Waals surface area contributed by atoms with Crippen LogP contribution >= 0.6 is 0 Å². The van der Waals surface area contributed by atoms with Crippen LogP contribution in [0.15, 0.2) is 54.6 Å². The highest BCUT2D eigenvalue weighted by atomic mass is 16.7. The summed E-state index contributed by atoms with van der Waals surface area (Å²) in [6.45, 7) is 2.27. The van der Waals surface area contributed by atoms with Crippen molar-refractivity contribution in [3.8, 4) is 11.5 Å². The van der Waals surface area contributed by atoms with E-state index in [9.17, 15) is 4.79 Å². The molecule has 0 heterocycles. The molecule has 0 bridgehead atoms. The van der Waals surface area contributed by atoms with Crippen LogP contribution in [0.1, 0.15) is 96.0 Å². The van der Waals surface area contributed by atoms with Crippen LogP contribution in [0.2, 0.25) is 0 Å². The van der Waals surface area contributed by atoms with E-state index < -0.39 is 6.16 Å². The fraction of sp³-hybridized carbons (Fsp3) is 0.536. The van der Waals surface area contributed by atoms with E-state index in [1.54, 1.807) is 12.1 Å². The number of carbonyl (C=O) groups is 1. The Balaban J connectivity index is 1.55. The van der Waals surface area contributed by atoms with Crippen LogP contribution in [-0.4, -0.2) is 6.16 Å². The number of rotatable bonds is 16. The number of benzene rings is 2. The Morgan fingerprint density at radius 1 is 0.613 bits per heavy atom. The van der Waals surface area contributed by atoms with Gasteiger partial charge in [0.15, 0.2) is 0 Å². The fourth-order valence-corrected chi connectivity index (χ4v) is 3.84. The van der Waals surface area contributed by atoms with Gasteiger partial charge in [-0.25, -0.2) is 4.79 Å². The maximum absolute atomic E-state index is 12.1. The zero-order valence-corrected chi connectivity index (χ0v) is 19.3. The van der Waals surface area contributed by atoms with Gasteiger partial charge in [0.25, 0.3) is 0 Å². The van der Waals surface area contributed by atoms with Gasteiger partial charge >= 0.3 is 6.16 Å². The highest BCUT2D eigenvalue weighted by Gasteiger charge is 2.11. The Bertz CT molecular complexity index is 711. The van der Waals surface area contributed by atoms with Crippen molar-refractivity contribution < 1.29 is 14.3 Å². The first-order valence-electron chi connectivity index (χ1n) is 12.3. The van der Waals surface area contributed by atoms with Gasteiger partial charge in [-0.15, -0.1) is 0 Å². The van der Waals surface area contributed by atoms with E-state index in [0.717, 1.165) is 18.4 Å². The monoisotopic (exact) mass is 424 g/mol. The lowest BCUT2D eigenvalue weighted by atomic mass is 10.0. The van der Waals surface area contributed by atoms with Crippen molar-refractivity contribution in [3.63, 3.8) is 0 Å². The van der Waals surface area contributed by atoms with E-state index in [4.69, 9.17) is 9.47 Å². The maximum Gasteiger partial charge on any atom is 0.519 e. The molecule has 0 saturated heterocycles. The van der Waals surface area contributed by atoms with E-state index in [1.165, 1.54) is 77.0 Å². The molecule has 0 atom stereocenters. The molecule has 0 aromatic heterocycles. The van der Waals surface area contributed by atoms with Crippen LogP contribution in [0.4, 0.5) is 4.79 Å². The van der Waals surface area contributed by atoms with Crippen LogP contribution in [0, 0.1) is 0 Å². The van der Waals surface area contributed by atoms with Crippen LogP contribution in [-0.2, 0) is 6.42 Å². The Kier molecular flexibility index (Phi) is 13.2. The molecule has 0 saturated carbocycles. The van der Waals surface area contributed by atoms with Crippen LogP contribution < -0.4 is 9.47 Å². The van der Waals surface area contributed by atoms with Gasteiger partial charge in [0.2, 0.25) is 0 Å². The smallest absolute Gasteiger partial charge is 0.395 e. The molecule has 0 unspecified atom stereocenters. The van der Waals surface area contributed by atoms with Gasteiger partial charge in [-0.05, 0) is 36.6 Å². The Morgan fingerprint density at radius 2 is 1.13 bits per heavy atom. The second kappa shape index (κ2) is 16.4. The third kappa shape index (κ3) is 11.6. The minimum absolute atomic E-state index is 0.487. The molecule has 0 radical (unpaired) electrons. The molecule has 0 aliphatic rings. The molecule has 31 heavy (non-hydrogen) atoms. The lowest BCUT2D eigenvalue weighted by Gasteiger charge is -2.10. The third-order valence-corrected chi connectivity index (χ3v) is 5.66. The molecule has 0 fully saturated rings. The first-order chi connectivity index (χ1) is 15.3. The predicted octanol–water partition coefficient (Wildman–Crippen LogP) is 8.90. The number of ether oxygens (including phenoxy) is 2. The number of aryl methyl sites for hydroxylation is 1. The van der Waals surface area contributed by atoms with Crippen molar-refractivity contribution >= 4 is 6.16 Å². The van der Waals surface area contributed by atoms with Crippen molar-refractivity contribution in [2.75, 3.05) is 0 Å². The lowest BCUT2D eigenvalue weighted by molar-refractivity contribution is 0.151. The second-order valence-electron chi connectivity index (χ2n) is 8.37. The molecule has 0 N–H and O–H groups in total. The van der Waals surface area contributed by atoms with Crippen molar-refractivity contribution in [1.82, 2.24) is 0 Å². The predicted molar refractivity (Wildman–Crippen MR) is 129 cm³/mol. The largest absolute Gasteiger partial charge is 0.519 e. The highest BCUT2D eigenvalue weighted by Crippen LogP contribution is 2.22. The van der Waals surface area contributed by atoms with E-state index in [2.05, 4.69) is 6.92 Å². The van der Waals surface area contributed by atoms with Gasteiger partial charge in [-0.3, -0.25) is 0 Å². The van der Waals surface area contributed by atoms with Gasteiger partial charge in [0.1, 0.15) is 11.5 Å². The number of unbranched alkanes of at least 4 members (excludes halogenated alkanes) is 12. The van der Waals surface area contributed by atoms with Gasteiger partial charge in [-0.2, -0.15) is 0 Å². The molecule has 0 aliphatic heterocycles. The minimum Gasteiger partial charge on any atom is -0.395 e. The standard InChI is InChI=1S/C28H40O3/c1-2-3-4-5-6-7-8-9-10-11-12-13-15-20-25-21-18-19-24-27(25)31-28(29)30-26-22-16-14-17-23-26/h14,16-19,21-24H,2-13,15,20H2,1H3. The summed E-state index contributed by atoms with van der Waals surface area (Å²) in [7, 11) is 0. The van der Waals surface area contributed by atoms with E-state index >= 15 is 0 Å². The number of hydrogen-bond donors (Lipinski definition) is 0. The number of hydrogen-bond acceptors (Lipinski definition) is 3. The fourth-order valence-electron chi connectivity index (χ4n) is 3.84. The zero-order valence-electron chi connectivity index (χ0n) is 19.3. The summed E-state index contributed by atoms with van der Waals surface area (Å²) in [5.41, 5.74) is 1.07. The second-order valence-corrected chi connectivity index (χ2v) is 8.37. The minimum atomic E-state index is -0.691. The van der Waals surface area contributed by atoms with E-state index in [-0.39, 0.29) is 0 Å². The van der Waals surface area contributed by atoms with Gasteiger partial charge in [-0.1, -0.05) is 120 Å². The molecule has 2 aromatic carbocycles. The Labute approximate surface area is 189 Å². The molecule has 0 aliphatic carbocycles. The molecule has 3 nitrogen and oxygen atoms in total. The summed E-state index contributed by atoms with van der Waals surface area (Å²) < 4.78 is 10.7. The van der Waals surface area contributed by atoms with Crippen molar-refractivity contribution in [3.05, 3.63) is 60.2 Å². The summed E-state index contributed by atoms with van der Waals surface area (Å²) in [6, 6.07) is 16.8. The summed E-state index contributed by atoms with van der Waals surface area (Å²) in [6.07, 6.45) is 17.7. The quantitative estimate of drug-likeness (QED) is 0.153. The Hall–Kier alpha value is -2.29. The average Bonchev–Trinajstić information content (AvgIpc) is 2.78. The topological polar surface area (TPSA) is 35.5 Å². The molecule has 2 aromatic rings. The van der Waals surface area contributed by atoms with Gasteiger partial charge in [0, 0.05) is 0 Å². The summed E-state index contributed by atoms with van der Waals surface area (Å²) in [4.78, 5) is 12.1. The number of para-hydroxylation sites is 2. The lowest BCUT2D eigenvalue weighted by Crippen LogP contribution is -2.14. The van der Waals surface area contributed by atoms with Crippen molar-refractivity contribution in [1.29, 1.82) is 0 Å². The SMILES string of the molecule is CCCCCCCCCCCCCCCc1ccccc1OC(=O)Oc1ccccc1. The molecular formula is C28H40O3. The summed E-state index contributed by atoms with van der Waals surface area (Å²) in [5, 5.41) is 0. The normalized spacial score (nSPS) is 10.7.